The zero-order valence-electron chi connectivity index (χ0n) is 11.0. The fourth-order valence-corrected chi connectivity index (χ4v) is 2.10. The smallest absolute Gasteiger partial charge is 0.172 e. The fraction of sp³-hybridized carbons (Fsp3) is 0.231. The van der Waals surface area contributed by atoms with Crippen molar-refractivity contribution < 1.29 is 4.42 Å². The number of anilines is 1. The zero-order chi connectivity index (χ0) is 14.7. The summed E-state index contributed by atoms with van der Waals surface area (Å²) in [7, 11) is 0. The van der Waals surface area contributed by atoms with Crippen LogP contribution in [0.25, 0.3) is 0 Å². The van der Waals surface area contributed by atoms with E-state index >= 15 is 0 Å². The van der Waals surface area contributed by atoms with Crippen LogP contribution in [0.2, 0.25) is 10.0 Å². The molecule has 2 aromatic rings. The minimum Gasteiger partial charge on any atom is -0.465 e. The van der Waals surface area contributed by atoms with E-state index < -0.39 is 0 Å². The van der Waals surface area contributed by atoms with Crippen molar-refractivity contribution in [2.24, 2.45) is 0 Å². The molecule has 106 valence electrons. The van der Waals surface area contributed by atoms with Crippen LogP contribution < -0.4 is 10.6 Å². The molecule has 7 heteroatoms. The molecule has 0 fully saturated rings. The second kappa shape index (κ2) is 6.43. The number of aryl methyl sites for hydroxylation is 1. The molecule has 0 spiro atoms. The van der Waals surface area contributed by atoms with Crippen LogP contribution in [0.3, 0.4) is 0 Å². The quantitative estimate of drug-likeness (QED) is 0.831. The molecule has 0 unspecified atom stereocenters. The van der Waals surface area contributed by atoms with Gasteiger partial charge < -0.3 is 15.1 Å². The van der Waals surface area contributed by atoms with Gasteiger partial charge in [-0.3, -0.25) is 0 Å². The van der Waals surface area contributed by atoms with Crippen LogP contribution in [0.1, 0.15) is 17.1 Å². The molecule has 0 bridgehead atoms. The van der Waals surface area contributed by atoms with Crippen LogP contribution in [0.15, 0.2) is 22.7 Å². The van der Waals surface area contributed by atoms with Gasteiger partial charge in [-0.15, -0.1) is 0 Å². The van der Waals surface area contributed by atoms with E-state index in [1.165, 1.54) is 6.20 Å². The molecule has 0 saturated carbocycles. The van der Waals surface area contributed by atoms with Crippen molar-refractivity contribution in [2.75, 3.05) is 5.32 Å². The highest BCUT2D eigenvalue weighted by Gasteiger charge is 2.10. The lowest BCUT2D eigenvalue weighted by Crippen LogP contribution is -2.28. The van der Waals surface area contributed by atoms with E-state index in [0.717, 1.165) is 17.1 Å². The number of pyridine rings is 1. The number of thiocarbonyl (C=S) groups is 1. The van der Waals surface area contributed by atoms with Crippen molar-refractivity contribution in [1.29, 1.82) is 0 Å². The normalized spacial score (nSPS) is 10.4. The van der Waals surface area contributed by atoms with E-state index in [4.69, 9.17) is 39.8 Å². The minimum absolute atomic E-state index is 0.412. The van der Waals surface area contributed by atoms with Gasteiger partial charge in [0.1, 0.15) is 11.5 Å². The molecule has 0 aliphatic heterocycles. The van der Waals surface area contributed by atoms with Gasteiger partial charge in [-0.25, -0.2) is 4.98 Å². The van der Waals surface area contributed by atoms with E-state index in [0.29, 0.717) is 27.5 Å². The first-order chi connectivity index (χ1) is 9.47. The maximum Gasteiger partial charge on any atom is 0.172 e. The lowest BCUT2D eigenvalue weighted by Gasteiger charge is -2.11. The number of rotatable bonds is 3. The first-order valence-corrected chi connectivity index (χ1v) is 7.04. The SMILES string of the molecule is Cc1ccc(CNC(=S)Nc2ncc(Cl)c(C)c2Cl)o1. The van der Waals surface area contributed by atoms with E-state index in [9.17, 15) is 0 Å². The molecule has 2 N–H and O–H groups in total. The molecule has 2 heterocycles. The predicted molar refractivity (Wildman–Crippen MR) is 85.5 cm³/mol. The van der Waals surface area contributed by atoms with Crippen molar-refractivity contribution in [3.05, 3.63) is 45.5 Å². The first kappa shape index (κ1) is 15.1. The number of aromatic nitrogens is 1. The summed E-state index contributed by atoms with van der Waals surface area (Å²) in [6.45, 7) is 4.20. The van der Waals surface area contributed by atoms with Crippen LogP contribution in [0, 0.1) is 13.8 Å². The van der Waals surface area contributed by atoms with Gasteiger partial charge in [0.15, 0.2) is 10.9 Å². The van der Waals surface area contributed by atoms with Crippen LogP contribution >= 0.6 is 35.4 Å². The van der Waals surface area contributed by atoms with Crippen LogP contribution in [-0.4, -0.2) is 10.1 Å². The summed E-state index contributed by atoms with van der Waals surface area (Å²) in [6.07, 6.45) is 1.53. The van der Waals surface area contributed by atoms with Gasteiger partial charge in [0.05, 0.1) is 16.6 Å². The zero-order valence-corrected chi connectivity index (χ0v) is 13.3. The van der Waals surface area contributed by atoms with Crippen LogP contribution in [0.5, 0.6) is 0 Å². The highest BCUT2D eigenvalue weighted by atomic mass is 35.5. The molecular formula is C13H13Cl2N3OS. The van der Waals surface area contributed by atoms with Crippen LogP contribution in [0.4, 0.5) is 5.82 Å². The number of furan rings is 1. The van der Waals surface area contributed by atoms with Crippen molar-refractivity contribution in [3.8, 4) is 0 Å². The Kier molecular flexibility index (Phi) is 4.86. The van der Waals surface area contributed by atoms with Gasteiger partial charge in [-0.2, -0.15) is 0 Å². The monoisotopic (exact) mass is 329 g/mol. The summed E-state index contributed by atoms with van der Waals surface area (Å²) in [5, 5.41) is 7.33. The fourth-order valence-electron chi connectivity index (χ4n) is 1.54. The topological polar surface area (TPSA) is 50.1 Å². The number of nitrogens with one attached hydrogen (secondary N) is 2. The average Bonchev–Trinajstić information content (AvgIpc) is 2.83. The van der Waals surface area contributed by atoms with E-state index in [-0.39, 0.29) is 0 Å². The van der Waals surface area contributed by atoms with Gasteiger partial charge in [0, 0.05) is 6.20 Å². The molecule has 0 saturated heterocycles. The third kappa shape index (κ3) is 3.62. The third-order valence-electron chi connectivity index (χ3n) is 2.65. The number of hydrogen-bond donors (Lipinski definition) is 2. The molecule has 2 aromatic heterocycles. The highest BCUT2D eigenvalue weighted by Crippen LogP contribution is 2.28. The minimum atomic E-state index is 0.412. The Bertz CT molecular complexity index is 643. The summed E-state index contributed by atoms with van der Waals surface area (Å²) in [5.74, 6) is 2.14. The highest BCUT2D eigenvalue weighted by molar-refractivity contribution is 7.80. The molecular weight excluding hydrogens is 317 g/mol. The first-order valence-electron chi connectivity index (χ1n) is 5.88. The average molecular weight is 330 g/mol. The van der Waals surface area contributed by atoms with Gasteiger partial charge >= 0.3 is 0 Å². The Hall–Kier alpha value is -1.30. The van der Waals surface area contributed by atoms with Crippen molar-refractivity contribution in [1.82, 2.24) is 10.3 Å². The van der Waals surface area contributed by atoms with E-state index in [1.54, 1.807) is 0 Å². The van der Waals surface area contributed by atoms with Gasteiger partial charge in [-0.05, 0) is 43.8 Å². The summed E-state index contributed by atoms with van der Waals surface area (Å²) < 4.78 is 5.43. The molecule has 0 aliphatic rings. The largest absolute Gasteiger partial charge is 0.465 e. The van der Waals surface area contributed by atoms with Gasteiger partial charge in [-0.1, -0.05) is 23.2 Å². The lowest BCUT2D eigenvalue weighted by atomic mass is 10.3. The van der Waals surface area contributed by atoms with E-state index in [2.05, 4.69) is 15.6 Å². The summed E-state index contributed by atoms with van der Waals surface area (Å²) in [4.78, 5) is 4.11. The Balaban J connectivity index is 1.96. The Morgan fingerprint density at radius 3 is 2.75 bits per heavy atom. The maximum atomic E-state index is 6.15. The Labute approximate surface area is 132 Å². The molecule has 20 heavy (non-hydrogen) atoms. The standard InChI is InChI=1S/C13H13Cl2N3OS/c1-7-3-4-9(19-7)5-17-13(20)18-12-11(15)8(2)10(14)6-16-12/h3-4,6H,5H2,1-2H3,(H2,16,17,18,20). The maximum absolute atomic E-state index is 6.15. The molecule has 2 rings (SSSR count). The second-order valence-corrected chi connectivity index (χ2v) is 5.41. The third-order valence-corrected chi connectivity index (χ3v) is 3.74. The molecule has 0 radical (unpaired) electrons. The van der Waals surface area contributed by atoms with Crippen molar-refractivity contribution in [3.63, 3.8) is 0 Å². The van der Waals surface area contributed by atoms with E-state index in [1.807, 2.05) is 26.0 Å². The number of hydrogen-bond acceptors (Lipinski definition) is 3. The summed E-state index contributed by atoms with van der Waals surface area (Å²) >= 11 is 17.3. The molecule has 0 atom stereocenters. The molecule has 4 nitrogen and oxygen atoms in total. The predicted octanol–water partition coefficient (Wildman–Crippen LogP) is 4.08. The number of halogens is 2. The Morgan fingerprint density at radius 1 is 1.35 bits per heavy atom. The molecule has 0 aromatic carbocycles. The number of nitrogens with zero attached hydrogens (tertiary/aromatic N) is 1. The molecule has 0 amide bonds. The second-order valence-electron chi connectivity index (χ2n) is 4.21. The van der Waals surface area contributed by atoms with Gasteiger partial charge in [0.25, 0.3) is 0 Å². The van der Waals surface area contributed by atoms with Crippen molar-refractivity contribution >= 4 is 46.4 Å². The van der Waals surface area contributed by atoms with Crippen molar-refractivity contribution in [2.45, 2.75) is 20.4 Å². The Morgan fingerprint density at radius 2 is 2.10 bits per heavy atom. The lowest BCUT2D eigenvalue weighted by molar-refractivity contribution is 0.478. The van der Waals surface area contributed by atoms with Gasteiger partial charge in [0.2, 0.25) is 0 Å². The van der Waals surface area contributed by atoms with Crippen LogP contribution in [-0.2, 0) is 6.54 Å². The summed E-state index contributed by atoms with van der Waals surface area (Å²) in [5.41, 5.74) is 0.760. The summed E-state index contributed by atoms with van der Waals surface area (Å²) in [6, 6.07) is 3.79. The molecule has 0 aliphatic carbocycles.